The molecule has 3 heteroatoms. The Hall–Kier alpha value is -1.98. The molecule has 0 spiro atoms. The van der Waals surface area contributed by atoms with Gasteiger partial charge in [0.1, 0.15) is 6.04 Å². The fourth-order valence-electron chi connectivity index (χ4n) is 1.74. The third-order valence-electron chi connectivity index (χ3n) is 2.76. The Labute approximate surface area is 112 Å². The number of hydrogen-bond donors (Lipinski definition) is 1. The molecular weight excluding hydrogens is 244 g/mol. The van der Waals surface area contributed by atoms with E-state index in [4.69, 9.17) is 11.6 Å². The average Bonchev–Trinajstić information content (AvgIpc) is 2.41. The van der Waals surface area contributed by atoms with Crippen LogP contribution in [0, 0.1) is 18.3 Å². The Bertz CT molecular complexity index is 573. The van der Waals surface area contributed by atoms with E-state index in [0.29, 0.717) is 5.02 Å². The first-order valence-corrected chi connectivity index (χ1v) is 6.06. The zero-order valence-electron chi connectivity index (χ0n) is 10.0. The van der Waals surface area contributed by atoms with Crippen molar-refractivity contribution >= 4 is 17.3 Å². The topological polar surface area (TPSA) is 35.8 Å². The first kappa shape index (κ1) is 12.5. The molecule has 0 amide bonds. The minimum absolute atomic E-state index is 0.372. The van der Waals surface area contributed by atoms with Crippen LogP contribution in [0.3, 0.4) is 0 Å². The van der Waals surface area contributed by atoms with E-state index >= 15 is 0 Å². The molecule has 90 valence electrons. The number of nitriles is 1. The third-order valence-corrected chi connectivity index (χ3v) is 3.00. The van der Waals surface area contributed by atoms with Crippen LogP contribution < -0.4 is 5.32 Å². The van der Waals surface area contributed by atoms with Crippen molar-refractivity contribution in [1.29, 1.82) is 5.26 Å². The molecule has 0 unspecified atom stereocenters. The minimum atomic E-state index is -0.372. The molecule has 0 fully saturated rings. The molecule has 0 saturated carbocycles. The van der Waals surface area contributed by atoms with Crippen molar-refractivity contribution in [3.05, 3.63) is 64.7 Å². The van der Waals surface area contributed by atoms with Crippen molar-refractivity contribution in [3.63, 3.8) is 0 Å². The maximum Gasteiger partial charge on any atom is 0.140 e. The first-order chi connectivity index (χ1) is 8.70. The van der Waals surface area contributed by atoms with Crippen LogP contribution in [0.15, 0.2) is 48.5 Å². The zero-order valence-corrected chi connectivity index (χ0v) is 10.8. The van der Waals surface area contributed by atoms with Crippen molar-refractivity contribution in [3.8, 4) is 6.07 Å². The molecule has 0 heterocycles. The van der Waals surface area contributed by atoms with Crippen molar-refractivity contribution in [2.45, 2.75) is 13.0 Å². The van der Waals surface area contributed by atoms with Gasteiger partial charge in [-0.2, -0.15) is 5.26 Å². The number of anilines is 1. The van der Waals surface area contributed by atoms with Crippen LogP contribution in [0.1, 0.15) is 17.2 Å². The first-order valence-electron chi connectivity index (χ1n) is 5.68. The highest BCUT2D eigenvalue weighted by molar-refractivity contribution is 6.30. The lowest BCUT2D eigenvalue weighted by Crippen LogP contribution is -2.09. The van der Waals surface area contributed by atoms with E-state index in [0.717, 1.165) is 16.8 Å². The Morgan fingerprint density at radius 1 is 1.17 bits per heavy atom. The number of halogens is 1. The highest BCUT2D eigenvalue weighted by Gasteiger charge is 2.10. The van der Waals surface area contributed by atoms with Crippen molar-refractivity contribution < 1.29 is 0 Å². The van der Waals surface area contributed by atoms with Gasteiger partial charge in [-0.1, -0.05) is 48.0 Å². The second kappa shape index (κ2) is 5.57. The lowest BCUT2D eigenvalue weighted by atomic mass is 10.1. The minimum Gasteiger partial charge on any atom is -0.366 e. The predicted octanol–water partition coefficient (Wildman–Crippen LogP) is 4.33. The van der Waals surface area contributed by atoms with Gasteiger partial charge in [-0.3, -0.25) is 0 Å². The van der Waals surface area contributed by atoms with Gasteiger partial charge in [0.2, 0.25) is 0 Å². The van der Waals surface area contributed by atoms with Crippen LogP contribution in [0.5, 0.6) is 0 Å². The van der Waals surface area contributed by atoms with Crippen molar-refractivity contribution in [2.24, 2.45) is 0 Å². The van der Waals surface area contributed by atoms with Crippen LogP contribution in [0.4, 0.5) is 5.69 Å². The molecule has 0 bridgehead atoms. The fraction of sp³-hybridized carbons (Fsp3) is 0.133. The second-order valence-electron chi connectivity index (χ2n) is 4.08. The third kappa shape index (κ3) is 2.82. The Morgan fingerprint density at radius 2 is 1.89 bits per heavy atom. The summed E-state index contributed by atoms with van der Waals surface area (Å²) >= 11 is 5.97. The molecule has 0 aliphatic rings. The molecule has 0 aromatic heterocycles. The summed E-state index contributed by atoms with van der Waals surface area (Å²) < 4.78 is 0. The Balaban J connectivity index is 2.27. The normalized spacial score (nSPS) is 11.6. The maximum atomic E-state index is 9.26. The van der Waals surface area contributed by atoms with Crippen molar-refractivity contribution in [2.75, 3.05) is 5.32 Å². The molecule has 1 N–H and O–H groups in total. The summed E-state index contributed by atoms with van der Waals surface area (Å²) in [7, 11) is 0. The SMILES string of the molecule is Cc1ccc(Cl)cc1N[C@@H](C#N)c1ccccc1. The molecular formula is C15H13ClN2. The second-order valence-corrected chi connectivity index (χ2v) is 4.51. The van der Waals surface area contributed by atoms with Gasteiger partial charge in [0.15, 0.2) is 0 Å². The van der Waals surface area contributed by atoms with E-state index in [1.165, 1.54) is 0 Å². The molecule has 0 aliphatic heterocycles. The Morgan fingerprint density at radius 3 is 2.56 bits per heavy atom. The number of nitrogens with zero attached hydrogens (tertiary/aromatic N) is 1. The summed E-state index contributed by atoms with van der Waals surface area (Å²) in [6.07, 6.45) is 0. The number of nitrogens with one attached hydrogen (secondary N) is 1. The summed E-state index contributed by atoms with van der Waals surface area (Å²) in [6, 6.07) is 17.1. The summed E-state index contributed by atoms with van der Waals surface area (Å²) in [5.41, 5.74) is 2.90. The lowest BCUT2D eigenvalue weighted by Gasteiger charge is -2.15. The van der Waals surface area contributed by atoms with Gasteiger partial charge in [0.25, 0.3) is 0 Å². The van der Waals surface area contributed by atoms with Gasteiger partial charge < -0.3 is 5.32 Å². The van der Waals surface area contributed by atoms with E-state index in [1.807, 2.05) is 55.5 Å². The van der Waals surface area contributed by atoms with Gasteiger partial charge in [-0.05, 0) is 30.2 Å². The van der Waals surface area contributed by atoms with Crippen LogP contribution in [-0.2, 0) is 0 Å². The number of rotatable bonds is 3. The number of aryl methyl sites for hydroxylation is 1. The quantitative estimate of drug-likeness (QED) is 0.887. The predicted molar refractivity (Wildman–Crippen MR) is 74.6 cm³/mol. The molecule has 18 heavy (non-hydrogen) atoms. The van der Waals surface area contributed by atoms with E-state index in [1.54, 1.807) is 0 Å². The lowest BCUT2D eigenvalue weighted by molar-refractivity contribution is 0.994. The van der Waals surface area contributed by atoms with Gasteiger partial charge in [-0.15, -0.1) is 0 Å². The Kier molecular flexibility index (Phi) is 3.86. The summed E-state index contributed by atoms with van der Waals surface area (Å²) in [4.78, 5) is 0. The van der Waals surface area contributed by atoms with E-state index < -0.39 is 0 Å². The van der Waals surface area contributed by atoms with Gasteiger partial charge >= 0.3 is 0 Å². The molecule has 2 rings (SSSR count). The maximum absolute atomic E-state index is 9.26. The fourth-order valence-corrected chi connectivity index (χ4v) is 1.91. The highest BCUT2D eigenvalue weighted by atomic mass is 35.5. The molecule has 0 radical (unpaired) electrons. The van der Waals surface area contributed by atoms with E-state index in [2.05, 4.69) is 11.4 Å². The average molecular weight is 257 g/mol. The summed E-state index contributed by atoms with van der Waals surface area (Å²) in [5, 5.41) is 13.1. The molecule has 0 aliphatic carbocycles. The standard InChI is InChI=1S/C15H13ClN2/c1-11-7-8-13(16)9-14(11)18-15(10-17)12-5-3-2-4-6-12/h2-9,15,18H,1H3/t15-/m0/s1. The summed E-state index contributed by atoms with van der Waals surface area (Å²) in [6.45, 7) is 1.98. The van der Waals surface area contributed by atoms with E-state index in [9.17, 15) is 5.26 Å². The number of benzene rings is 2. The molecule has 2 aromatic carbocycles. The molecule has 1 atom stereocenters. The molecule has 0 saturated heterocycles. The largest absolute Gasteiger partial charge is 0.366 e. The van der Waals surface area contributed by atoms with Crippen LogP contribution in [-0.4, -0.2) is 0 Å². The van der Waals surface area contributed by atoms with Gasteiger partial charge in [0, 0.05) is 10.7 Å². The number of hydrogen-bond acceptors (Lipinski definition) is 2. The van der Waals surface area contributed by atoms with Gasteiger partial charge in [0.05, 0.1) is 6.07 Å². The summed E-state index contributed by atoms with van der Waals surface area (Å²) in [5.74, 6) is 0. The zero-order chi connectivity index (χ0) is 13.0. The van der Waals surface area contributed by atoms with Gasteiger partial charge in [-0.25, -0.2) is 0 Å². The van der Waals surface area contributed by atoms with Crippen LogP contribution >= 0.6 is 11.6 Å². The van der Waals surface area contributed by atoms with Crippen LogP contribution in [0.2, 0.25) is 5.02 Å². The van der Waals surface area contributed by atoms with Crippen molar-refractivity contribution in [1.82, 2.24) is 0 Å². The smallest absolute Gasteiger partial charge is 0.140 e. The van der Waals surface area contributed by atoms with E-state index in [-0.39, 0.29) is 6.04 Å². The molecule has 2 aromatic rings. The highest BCUT2D eigenvalue weighted by Crippen LogP contribution is 2.24. The van der Waals surface area contributed by atoms with Crippen LogP contribution in [0.25, 0.3) is 0 Å². The monoisotopic (exact) mass is 256 g/mol. The molecule has 2 nitrogen and oxygen atoms in total.